The lowest BCUT2D eigenvalue weighted by atomic mass is 9.89. The molecule has 0 unspecified atom stereocenters. The van der Waals surface area contributed by atoms with E-state index in [9.17, 15) is 0 Å². The lowest BCUT2D eigenvalue weighted by Gasteiger charge is -2.19. The molecule has 0 spiro atoms. The van der Waals surface area contributed by atoms with Crippen LogP contribution in [0.15, 0.2) is 35.3 Å². The van der Waals surface area contributed by atoms with E-state index in [0.717, 1.165) is 58.9 Å². The van der Waals surface area contributed by atoms with Crippen LogP contribution in [0.25, 0.3) is 0 Å². The van der Waals surface area contributed by atoms with Gasteiger partial charge in [0.25, 0.3) is 0 Å². The third-order valence-electron chi connectivity index (χ3n) is 4.53. The first kappa shape index (κ1) is 17.5. The van der Waals surface area contributed by atoms with Crippen LogP contribution >= 0.6 is 0 Å². The van der Waals surface area contributed by atoms with Crippen molar-refractivity contribution in [3.63, 3.8) is 0 Å². The van der Waals surface area contributed by atoms with E-state index in [0.29, 0.717) is 6.61 Å². The Morgan fingerprint density at radius 3 is 2.52 bits per heavy atom. The molecule has 0 aromatic heterocycles. The maximum atomic E-state index is 8.95. The molecule has 0 fully saturated rings. The number of ether oxygens (including phenoxy) is 2. The smallest absolute Gasteiger partial charge is 0.124 e. The second-order valence-corrected chi connectivity index (χ2v) is 6.42. The minimum atomic E-state index is 0.0163. The minimum absolute atomic E-state index is 0.0163. The van der Waals surface area contributed by atoms with E-state index >= 15 is 0 Å². The molecule has 0 saturated carbocycles. The Morgan fingerprint density at radius 2 is 1.84 bits per heavy atom. The summed E-state index contributed by atoms with van der Waals surface area (Å²) in [6.07, 6.45) is 3.13. The van der Waals surface area contributed by atoms with Gasteiger partial charge in [-0.2, -0.15) is 0 Å². The van der Waals surface area contributed by atoms with Crippen molar-refractivity contribution < 1.29 is 14.6 Å². The van der Waals surface area contributed by atoms with E-state index < -0.39 is 0 Å². The molecule has 2 aromatic rings. The van der Waals surface area contributed by atoms with Gasteiger partial charge in [-0.15, -0.1) is 0 Å². The van der Waals surface area contributed by atoms with Crippen molar-refractivity contribution in [3.05, 3.63) is 52.6 Å². The van der Waals surface area contributed by atoms with Crippen LogP contribution in [-0.4, -0.2) is 31.1 Å². The highest BCUT2D eigenvalue weighted by atomic mass is 16.5. The molecule has 0 atom stereocenters. The molecule has 0 radical (unpaired) electrons. The molecular weight excluding hydrogens is 314 g/mol. The Balaban J connectivity index is 1.98. The summed E-state index contributed by atoms with van der Waals surface area (Å²) >= 11 is 0. The molecule has 0 saturated heterocycles. The zero-order chi connectivity index (χ0) is 17.8. The highest BCUT2D eigenvalue weighted by Gasteiger charge is 2.17. The first-order chi connectivity index (χ1) is 12.1. The number of aliphatic hydroxyl groups is 1. The van der Waals surface area contributed by atoms with Crippen LogP contribution < -0.4 is 9.47 Å². The SMILES string of the molecule is COc1c(C)cc(N=C2CCCc3ccc(OCCO)cc32)cc1C. The summed E-state index contributed by atoms with van der Waals surface area (Å²) in [5, 5.41) is 8.95. The van der Waals surface area contributed by atoms with E-state index in [1.54, 1.807) is 7.11 Å². The number of aliphatic hydroxyl groups excluding tert-OH is 1. The number of aryl methyl sites for hydroxylation is 3. The number of rotatable bonds is 5. The first-order valence-electron chi connectivity index (χ1n) is 8.72. The van der Waals surface area contributed by atoms with Crippen LogP contribution in [0.4, 0.5) is 5.69 Å². The van der Waals surface area contributed by atoms with Gasteiger partial charge in [-0.25, -0.2) is 0 Å². The zero-order valence-corrected chi connectivity index (χ0v) is 15.1. The summed E-state index contributed by atoms with van der Waals surface area (Å²) in [6, 6.07) is 10.3. The maximum Gasteiger partial charge on any atom is 0.124 e. The van der Waals surface area contributed by atoms with Crippen LogP contribution in [0.2, 0.25) is 0 Å². The molecule has 4 heteroatoms. The van der Waals surface area contributed by atoms with Gasteiger partial charge >= 0.3 is 0 Å². The van der Waals surface area contributed by atoms with E-state index in [1.165, 1.54) is 5.56 Å². The molecule has 0 bridgehead atoms. The van der Waals surface area contributed by atoms with Crippen molar-refractivity contribution in [3.8, 4) is 11.5 Å². The number of fused-ring (bicyclic) bond motifs is 1. The van der Waals surface area contributed by atoms with Gasteiger partial charge in [0.1, 0.15) is 18.1 Å². The Bertz CT molecular complexity index is 773. The number of hydrogen-bond acceptors (Lipinski definition) is 4. The van der Waals surface area contributed by atoms with Crippen molar-refractivity contribution >= 4 is 11.4 Å². The van der Waals surface area contributed by atoms with Crippen molar-refractivity contribution in [2.75, 3.05) is 20.3 Å². The maximum absolute atomic E-state index is 8.95. The summed E-state index contributed by atoms with van der Waals surface area (Å²) < 4.78 is 11.0. The highest BCUT2D eigenvalue weighted by molar-refractivity contribution is 6.04. The normalized spacial score (nSPS) is 15.1. The second kappa shape index (κ2) is 7.70. The molecule has 0 heterocycles. The molecule has 3 rings (SSSR count). The summed E-state index contributed by atoms with van der Waals surface area (Å²) in [5.74, 6) is 1.71. The van der Waals surface area contributed by atoms with Crippen molar-refractivity contribution in [1.29, 1.82) is 0 Å². The van der Waals surface area contributed by atoms with Crippen LogP contribution in [-0.2, 0) is 6.42 Å². The minimum Gasteiger partial charge on any atom is -0.496 e. The molecule has 1 N–H and O–H groups in total. The summed E-state index contributed by atoms with van der Waals surface area (Å²) in [6.45, 7) is 4.42. The molecule has 1 aliphatic rings. The largest absolute Gasteiger partial charge is 0.496 e. The average Bonchev–Trinajstić information content (AvgIpc) is 2.60. The molecule has 132 valence electrons. The van der Waals surface area contributed by atoms with Crippen molar-refractivity contribution in [1.82, 2.24) is 0 Å². The van der Waals surface area contributed by atoms with Crippen molar-refractivity contribution in [2.45, 2.75) is 33.1 Å². The van der Waals surface area contributed by atoms with E-state index in [1.807, 2.05) is 26.0 Å². The van der Waals surface area contributed by atoms with Gasteiger partial charge in [0.15, 0.2) is 0 Å². The number of hydrogen-bond donors (Lipinski definition) is 1. The molecule has 4 nitrogen and oxygen atoms in total. The fourth-order valence-electron chi connectivity index (χ4n) is 3.46. The third-order valence-corrected chi connectivity index (χ3v) is 4.53. The van der Waals surface area contributed by atoms with Gasteiger partial charge in [-0.1, -0.05) is 6.07 Å². The van der Waals surface area contributed by atoms with Crippen LogP contribution in [0.5, 0.6) is 11.5 Å². The van der Waals surface area contributed by atoms with Gasteiger partial charge < -0.3 is 14.6 Å². The Hall–Kier alpha value is -2.33. The summed E-state index contributed by atoms with van der Waals surface area (Å²) in [4.78, 5) is 4.93. The predicted molar refractivity (Wildman–Crippen MR) is 101 cm³/mol. The van der Waals surface area contributed by atoms with Crippen molar-refractivity contribution in [2.24, 2.45) is 4.99 Å². The quantitative estimate of drug-likeness (QED) is 0.891. The second-order valence-electron chi connectivity index (χ2n) is 6.42. The average molecular weight is 339 g/mol. The Morgan fingerprint density at radius 1 is 1.08 bits per heavy atom. The number of nitrogens with zero attached hydrogens (tertiary/aromatic N) is 1. The Labute approximate surface area is 149 Å². The zero-order valence-electron chi connectivity index (χ0n) is 15.1. The fourth-order valence-corrected chi connectivity index (χ4v) is 3.46. The Kier molecular flexibility index (Phi) is 5.39. The standard InChI is InChI=1S/C21H25NO3/c1-14-11-17(12-15(2)21(14)24-3)22-20-6-4-5-16-7-8-18(13-19(16)20)25-10-9-23/h7-8,11-13,23H,4-6,9-10H2,1-3H3. The molecule has 1 aliphatic carbocycles. The number of aliphatic imine (C=N–C) groups is 1. The van der Waals surface area contributed by atoms with Crippen LogP contribution in [0, 0.1) is 13.8 Å². The monoisotopic (exact) mass is 339 g/mol. The topological polar surface area (TPSA) is 51.0 Å². The predicted octanol–water partition coefficient (Wildman–Crippen LogP) is 4.14. The lowest BCUT2D eigenvalue weighted by Crippen LogP contribution is -2.12. The molecule has 0 aliphatic heterocycles. The van der Waals surface area contributed by atoms with E-state index in [2.05, 4.69) is 18.2 Å². The van der Waals surface area contributed by atoms with E-state index in [-0.39, 0.29) is 6.61 Å². The summed E-state index contributed by atoms with van der Waals surface area (Å²) in [5.41, 5.74) is 6.71. The number of methoxy groups -OCH3 is 1. The van der Waals surface area contributed by atoms with E-state index in [4.69, 9.17) is 19.6 Å². The molecule has 2 aromatic carbocycles. The van der Waals surface area contributed by atoms with Gasteiger partial charge in [-0.3, -0.25) is 4.99 Å². The highest BCUT2D eigenvalue weighted by Crippen LogP contribution is 2.31. The molecule has 0 amide bonds. The lowest BCUT2D eigenvalue weighted by molar-refractivity contribution is 0.201. The first-order valence-corrected chi connectivity index (χ1v) is 8.72. The van der Waals surface area contributed by atoms with Gasteiger partial charge in [0.05, 0.1) is 19.4 Å². The molecule has 25 heavy (non-hydrogen) atoms. The van der Waals surface area contributed by atoms with Crippen LogP contribution in [0.1, 0.15) is 35.1 Å². The van der Waals surface area contributed by atoms with Gasteiger partial charge in [-0.05, 0) is 74.1 Å². The van der Waals surface area contributed by atoms with Crippen LogP contribution in [0.3, 0.4) is 0 Å². The van der Waals surface area contributed by atoms with Gasteiger partial charge in [0.2, 0.25) is 0 Å². The summed E-state index contributed by atoms with van der Waals surface area (Å²) in [7, 11) is 1.70. The fraction of sp³-hybridized carbons (Fsp3) is 0.381. The molecular formula is C21H25NO3. The number of benzene rings is 2. The third kappa shape index (κ3) is 3.85. The van der Waals surface area contributed by atoms with Gasteiger partial charge in [0, 0.05) is 11.3 Å².